The normalized spacial score (nSPS) is 10.1. The predicted octanol–water partition coefficient (Wildman–Crippen LogP) is 2.01. The average Bonchev–Trinajstić information content (AvgIpc) is 1.97. The third-order valence-corrected chi connectivity index (χ3v) is 2.35. The molecule has 0 spiro atoms. The van der Waals surface area contributed by atoms with Crippen molar-refractivity contribution >= 4 is 19.8 Å². The van der Waals surface area contributed by atoms with Crippen LogP contribution in [0, 0.1) is 0 Å². The topological polar surface area (TPSA) is 9.23 Å². The smallest absolute Gasteiger partial charge is 0.282 e. The van der Waals surface area contributed by atoms with Gasteiger partial charge in [-0.3, -0.25) is 0 Å². The zero-order valence-corrected chi connectivity index (χ0v) is 7.45. The van der Waals surface area contributed by atoms with E-state index in [1.54, 1.807) is 0 Å². The zero-order valence-electron chi connectivity index (χ0n) is 6.64. The van der Waals surface area contributed by atoms with Gasteiger partial charge in [0, 0.05) is 6.61 Å². The van der Waals surface area contributed by atoms with Crippen LogP contribution in [-0.4, -0.2) is 26.2 Å². The third kappa shape index (κ3) is 8.37. The monoisotopic (exact) mass is 158 g/mol. The maximum atomic E-state index is 4.86. The van der Waals surface area contributed by atoms with Gasteiger partial charge in [0.25, 0.3) is 8.05 Å². The summed E-state index contributed by atoms with van der Waals surface area (Å²) in [7, 11) is 4.86. The molecule has 10 heavy (non-hydrogen) atoms. The highest BCUT2D eigenvalue weighted by atomic mass is 32.2. The van der Waals surface area contributed by atoms with E-state index in [9.17, 15) is 0 Å². The fourth-order valence-electron chi connectivity index (χ4n) is 0.593. The molecule has 0 aromatic heterocycles. The zero-order chi connectivity index (χ0) is 7.66. The lowest BCUT2D eigenvalue weighted by Gasteiger charge is -1.98. The first-order chi connectivity index (χ1) is 4.91. The van der Waals surface area contributed by atoms with Crippen molar-refractivity contribution in [3.63, 3.8) is 0 Å². The maximum absolute atomic E-state index is 4.86. The van der Waals surface area contributed by atoms with Crippen LogP contribution in [0.1, 0.15) is 26.2 Å². The Morgan fingerprint density at radius 2 is 2.00 bits per heavy atom. The van der Waals surface area contributed by atoms with Crippen molar-refractivity contribution in [1.29, 1.82) is 0 Å². The highest BCUT2D eigenvalue weighted by Crippen LogP contribution is 2.05. The van der Waals surface area contributed by atoms with Gasteiger partial charge in [0.15, 0.2) is 0 Å². The number of hydrogen-bond donors (Lipinski definition) is 0. The molecule has 0 unspecified atom stereocenters. The van der Waals surface area contributed by atoms with Gasteiger partial charge in [0.05, 0.1) is 0 Å². The van der Waals surface area contributed by atoms with Gasteiger partial charge in [0.2, 0.25) is 0 Å². The molecule has 0 bridgehead atoms. The maximum Gasteiger partial charge on any atom is 0.282 e. The quantitative estimate of drug-likeness (QED) is 0.414. The second kappa shape index (κ2) is 9.37. The van der Waals surface area contributed by atoms with Gasteiger partial charge >= 0.3 is 0 Å². The molecule has 0 aliphatic rings. The molecule has 0 N–H and O–H groups in total. The van der Waals surface area contributed by atoms with E-state index in [0.717, 1.165) is 6.42 Å². The molecule has 3 heteroatoms. The molecule has 1 nitrogen and oxygen atoms in total. The molecule has 0 rings (SSSR count). The van der Waals surface area contributed by atoms with E-state index < -0.39 is 0 Å². The molecule has 58 valence electrons. The van der Waals surface area contributed by atoms with Crippen molar-refractivity contribution in [1.82, 2.24) is 0 Å². The van der Waals surface area contributed by atoms with Crippen LogP contribution in [0.2, 0.25) is 0 Å². The first-order valence-corrected chi connectivity index (χ1v) is 4.96. The molecule has 0 saturated carbocycles. The van der Waals surface area contributed by atoms with Crippen LogP contribution in [0.3, 0.4) is 0 Å². The van der Waals surface area contributed by atoms with Gasteiger partial charge in [-0.05, 0) is 24.3 Å². The lowest BCUT2D eigenvalue weighted by atomic mass is 10.4. The molecule has 0 aliphatic heterocycles. The van der Waals surface area contributed by atoms with E-state index in [1.807, 2.05) is 11.8 Å². The van der Waals surface area contributed by atoms with Gasteiger partial charge < -0.3 is 4.65 Å². The summed E-state index contributed by atoms with van der Waals surface area (Å²) >= 11 is 1.98. The average molecular weight is 158 g/mol. The predicted molar refractivity (Wildman–Crippen MR) is 48.6 cm³/mol. The molecule has 0 aliphatic carbocycles. The molecule has 0 aromatic rings. The van der Waals surface area contributed by atoms with Crippen molar-refractivity contribution in [2.45, 2.75) is 26.2 Å². The van der Waals surface area contributed by atoms with Crippen LogP contribution < -0.4 is 0 Å². The van der Waals surface area contributed by atoms with Gasteiger partial charge in [-0.2, -0.15) is 11.8 Å². The molecular formula is C7H15BOS. The van der Waals surface area contributed by atoms with Crippen LogP contribution in [0.5, 0.6) is 0 Å². The van der Waals surface area contributed by atoms with E-state index in [1.165, 1.54) is 24.3 Å². The Hall–Kier alpha value is 0.375. The van der Waals surface area contributed by atoms with Crippen molar-refractivity contribution in [2.24, 2.45) is 0 Å². The molecular weight excluding hydrogens is 143 g/mol. The van der Waals surface area contributed by atoms with Gasteiger partial charge in [-0.25, -0.2) is 0 Å². The van der Waals surface area contributed by atoms with E-state index in [4.69, 9.17) is 8.05 Å². The molecule has 0 atom stereocenters. The van der Waals surface area contributed by atoms with Crippen LogP contribution >= 0.6 is 11.8 Å². The lowest BCUT2D eigenvalue weighted by Crippen LogP contribution is -1.92. The van der Waals surface area contributed by atoms with Crippen molar-refractivity contribution < 1.29 is 4.65 Å². The minimum Gasteiger partial charge on any atom is -0.448 e. The molecule has 0 heterocycles. The Labute approximate surface area is 69.4 Å². The Kier molecular flexibility index (Phi) is 9.73. The van der Waals surface area contributed by atoms with Crippen LogP contribution in [0.4, 0.5) is 0 Å². The fourth-order valence-corrected chi connectivity index (χ4v) is 1.61. The van der Waals surface area contributed by atoms with E-state index >= 15 is 0 Å². The van der Waals surface area contributed by atoms with Crippen LogP contribution in [0.15, 0.2) is 0 Å². The number of thioether (sulfide) groups is 1. The standard InChI is InChI=1S/C7H15BOS/c1-2-3-6-10-7-4-5-9-8/h2-7H2,1H3. The van der Waals surface area contributed by atoms with Gasteiger partial charge in [0.1, 0.15) is 0 Å². The fraction of sp³-hybridized carbons (Fsp3) is 1.00. The number of hydrogen-bond acceptors (Lipinski definition) is 2. The summed E-state index contributed by atoms with van der Waals surface area (Å²) in [6, 6.07) is 0. The second-order valence-electron chi connectivity index (χ2n) is 2.19. The van der Waals surface area contributed by atoms with Crippen LogP contribution in [-0.2, 0) is 4.65 Å². The molecule has 0 aromatic carbocycles. The minimum atomic E-state index is 0.694. The Bertz CT molecular complexity index is 53.6. The van der Waals surface area contributed by atoms with Gasteiger partial charge in [-0.1, -0.05) is 13.3 Å². The summed E-state index contributed by atoms with van der Waals surface area (Å²) in [6.07, 6.45) is 3.69. The summed E-state index contributed by atoms with van der Waals surface area (Å²) in [6.45, 7) is 2.91. The Morgan fingerprint density at radius 1 is 1.30 bits per heavy atom. The molecule has 0 saturated heterocycles. The summed E-state index contributed by atoms with van der Waals surface area (Å²) in [5.74, 6) is 2.46. The number of rotatable bonds is 7. The number of unbranched alkanes of at least 4 members (excludes halogenated alkanes) is 1. The highest BCUT2D eigenvalue weighted by molar-refractivity contribution is 7.99. The first-order valence-electron chi connectivity index (χ1n) is 3.81. The first kappa shape index (κ1) is 10.4. The summed E-state index contributed by atoms with van der Waals surface area (Å²) in [4.78, 5) is 0. The summed E-state index contributed by atoms with van der Waals surface area (Å²) in [5.41, 5.74) is 0. The minimum absolute atomic E-state index is 0.694. The van der Waals surface area contributed by atoms with Gasteiger partial charge in [-0.15, -0.1) is 0 Å². The van der Waals surface area contributed by atoms with E-state index in [2.05, 4.69) is 11.6 Å². The summed E-state index contributed by atoms with van der Waals surface area (Å²) in [5, 5.41) is 0. The summed E-state index contributed by atoms with van der Waals surface area (Å²) < 4.78 is 4.44. The molecule has 2 radical (unpaired) electrons. The van der Waals surface area contributed by atoms with Crippen molar-refractivity contribution in [3.8, 4) is 0 Å². The third-order valence-electron chi connectivity index (χ3n) is 1.19. The van der Waals surface area contributed by atoms with E-state index in [-0.39, 0.29) is 0 Å². The Morgan fingerprint density at radius 3 is 2.60 bits per heavy atom. The Balaban J connectivity index is 2.65. The van der Waals surface area contributed by atoms with Crippen LogP contribution in [0.25, 0.3) is 0 Å². The largest absolute Gasteiger partial charge is 0.448 e. The molecule has 0 fully saturated rings. The SMILES string of the molecule is [B]OCCCSCCCC. The lowest BCUT2D eigenvalue weighted by molar-refractivity contribution is 0.350. The van der Waals surface area contributed by atoms with E-state index in [0.29, 0.717) is 6.61 Å². The second-order valence-corrected chi connectivity index (χ2v) is 3.42. The molecule has 0 amide bonds. The van der Waals surface area contributed by atoms with Crippen molar-refractivity contribution in [2.75, 3.05) is 18.1 Å². The highest BCUT2D eigenvalue weighted by Gasteiger charge is 1.87. The van der Waals surface area contributed by atoms with Crippen molar-refractivity contribution in [3.05, 3.63) is 0 Å².